The number of hydrogen-bond acceptors (Lipinski definition) is 5. The number of sulfonamides is 1. The molecule has 2 rings (SSSR count). The smallest absolute Gasteiger partial charge is 0.242 e. The van der Waals surface area contributed by atoms with Gasteiger partial charge in [0.2, 0.25) is 15.9 Å². The lowest BCUT2D eigenvalue weighted by Gasteiger charge is -2.10. The summed E-state index contributed by atoms with van der Waals surface area (Å²) in [6, 6.07) is 2.63. The van der Waals surface area contributed by atoms with E-state index in [0.29, 0.717) is 5.76 Å². The molecule has 0 aliphatic heterocycles. The molecule has 0 radical (unpaired) electrons. The zero-order chi connectivity index (χ0) is 15.6. The van der Waals surface area contributed by atoms with Crippen LogP contribution >= 0.6 is 23.2 Å². The van der Waals surface area contributed by atoms with Crippen molar-refractivity contribution in [3.63, 3.8) is 0 Å². The molecule has 0 amide bonds. The van der Waals surface area contributed by atoms with E-state index in [4.69, 9.17) is 27.6 Å². The summed E-state index contributed by atoms with van der Waals surface area (Å²) < 4.78 is 31.9. The lowest BCUT2D eigenvalue weighted by molar-refractivity contribution is 0.281. The Morgan fingerprint density at radius 3 is 2.67 bits per heavy atom. The van der Waals surface area contributed by atoms with Gasteiger partial charge in [0.25, 0.3) is 0 Å². The van der Waals surface area contributed by atoms with Crippen LogP contribution in [0.5, 0.6) is 0 Å². The first-order valence-electron chi connectivity index (χ1n) is 5.84. The van der Waals surface area contributed by atoms with Gasteiger partial charge in [0, 0.05) is 10.6 Å². The fourth-order valence-corrected chi connectivity index (χ4v) is 3.52. The van der Waals surface area contributed by atoms with Crippen LogP contribution in [-0.4, -0.2) is 18.5 Å². The maximum atomic E-state index is 12.2. The Bertz CT molecular complexity index is 759. The summed E-state index contributed by atoms with van der Waals surface area (Å²) in [5.74, 6) is 0.819. The summed E-state index contributed by atoms with van der Waals surface area (Å²) >= 11 is 11.8. The average molecular weight is 351 g/mol. The lowest BCUT2D eigenvalue weighted by atomic mass is 10.2. The second kappa shape index (κ2) is 6.33. The van der Waals surface area contributed by atoms with Crippen LogP contribution in [-0.2, 0) is 23.2 Å². The molecule has 0 aliphatic rings. The first kappa shape index (κ1) is 16.3. The Balaban J connectivity index is 2.27. The second-order valence-electron chi connectivity index (χ2n) is 4.19. The maximum Gasteiger partial charge on any atom is 0.242 e. The van der Waals surface area contributed by atoms with Crippen molar-refractivity contribution in [2.75, 3.05) is 0 Å². The van der Waals surface area contributed by atoms with Crippen LogP contribution < -0.4 is 4.72 Å². The van der Waals surface area contributed by atoms with Gasteiger partial charge in [-0.15, -0.1) is 0 Å². The molecule has 21 heavy (non-hydrogen) atoms. The van der Waals surface area contributed by atoms with Gasteiger partial charge in [-0.3, -0.25) is 0 Å². The highest BCUT2D eigenvalue weighted by molar-refractivity contribution is 7.89. The summed E-state index contributed by atoms with van der Waals surface area (Å²) in [5, 5.41) is 9.28. The van der Waals surface area contributed by atoms with Crippen LogP contribution in [0.15, 0.2) is 27.6 Å². The third kappa shape index (κ3) is 3.56. The van der Waals surface area contributed by atoms with Crippen LogP contribution in [0.25, 0.3) is 0 Å². The minimum Gasteiger partial charge on any atom is -0.445 e. The van der Waals surface area contributed by atoms with E-state index in [1.165, 1.54) is 18.3 Å². The maximum absolute atomic E-state index is 12.2. The number of oxazole rings is 1. The van der Waals surface area contributed by atoms with Gasteiger partial charge in [-0.25, -0.2) is 18.1 Å². The molecule has 9 heteroatoms. The number of nitrogens with one attached hydrogen (secondary N) is 1. The van der Waals surface area contributed by atoms with Crippen molar-refractivity contribution in [3.8, 4) is 0 Å². The van der Waals surface area contributed by atoms with Crippen LogP contribution in [0.1, 0.15) is 17.2 Å². The predicted octanol–water partition coefficient (Wildman–Crippen LogP) is 2.26. The molecule has 0 saturated heterocycles. The highest BCUT2D eigenvalue weighted by Crippen LogP contribution is 2.31. The van der Waals surface area contributed by atoms with Crippen molar-refractivity contribution in [1.82, 2.24) is 9.71 Å². The predicted molar refractivity (Wildman–Crippen MR) is 77.7 cm³/mol. The Morgan fingerprint density at radius 1 is 1.38 bits per heavy atom. The molecule has 0 atom stereocenters. The number of rotatable bonds is 5. The third-order valence-corrected chi connectivity index (χ3v) is 5.02. The van der Waals surface area contributed by atoms with E-state index in [9.17, 15) is 13.5 Å². The number of aliphatic hydroxyl groups is 1. The van der Waals surface area contributed by atoms with E-state index >= 15 is 0 Å². The number of nitrogens with zero attached hydrogens (tertiary/aromatic N) is 1. The number of hydrogen-bond donors (Lipinski definition) is 2. The number of aliphatic hydroxyl groups excluding tert-OH is 1. The largest absolute Gasteiger partial charge is 0.445 e. The second-order valence-corrected chi connectivity index (χ2v) is 6.71. The topological polar surface area (TPSA) is 92.4 Å². The lowest BCUT2D eigenvalue weighted by Crippen LogP contribution is -2.24. The summed E-state index contributed by atoms with van der Waals surface area (Å²) in [4.78, 5) is 3.73. The molecule has 2 N–H and O–H groups in total. The Morgan fingerprint density at radius 2 is 2.10 bits per heavy atom. The van der Waals surface area contributed by atoms with Crippen LogP contribution in [0.3, 0.4) is 0 Å². The molecule has 114 valence electrons. The van der Waals surface area contributed by atoms with Gasteiger partial charge in [-0.2, -0.15) is 0 Å². The summed E-state index contributed by atoms with van der Waals surface area (Å²) in [6.45, 7) is 1.14. The fourth-order valence-electron chi connectivity index (χ4n) is 1.65. The van der Waals surface area contributed by atoms with E-state index in [1.54, 1.807) is 6.92 Å². The van der Waals surface area contributed by atoms with Crippen molar-refractivity contribution in [1.29, 1.82) is 0 Å². The molecular formula is C12H12Cl2N2O4S. The summed E-state index contributed by atoms with van der Waals surface area (Å²) in [6.07, 6.45) is 1.49. The minimum absolute atomic E-state index is 0.108. The van der Waals surface area contributed by atoms with E-state index in [0.717, 1.165) is 0 Å². The van der Waals surface area contributed by atoms with E-state index < -0.39 is 16.6 Å². The highest BCUT2D eigenvalue weighted by Gasteiger charge is 2.21. The van der Waals surface area contributed by atoms with Gasteiger partial charge >= 0.3 is 0 Å². The molecule has 0 unspecified atom stereocenters. The Kier molecular flexibility index (Phi) is 4.90. The molecule has 0 spiro atoms. The normalized spacial score (nSPS) is 11.8. The SMILES string of the molecule is Cc1cnc(CNS(=O)(=O)c2ccc(Cl)c(CO)c2Cl)o1. The minimum atomic E-state index is -3.88. The molecule has 2 aromatic rings. The van der Waals surface area contributed by atoms with Gasteiger partial charge in [0.1, 0.15) is 10.7 Å². The monoisotopic (exact) mass is 350 g/mol. The number of aryl methyl sites for hydroxylation is 1. The van der Waals surface area contributed by atoms with Gasteiger partial charge in [-0.05, 0) is 19.1 Å². The third-order valence-electron chi connectivity index (χ3n) is 2.68. The van der Waals surface area contributed by atoms with Crippen LogP contribution in [0.4, 0.5) is 0 Å². The average Bonchev–Trinajstić information content (AvgIpc) is 2.83. The first-order valence-corrected chi connectivity index (χ1v) is 8.07. The standard InChI is InChI=1S/C12H12Cl2N2O4S/c1-7-4-15-11(20-7)5-16-21(18,19)10-3-2-9(13)8(6-17)12(10)14/h2-4,16-17H,5-6H2,1H3. The number of halogens is 2. The van der Waals surface area contributed by atoms with Gasteiger partial charge in [-0.1, -0.05) is 23.2 Å². The molecular weight excluding hydrogens is 339 g/mol. The Hall–Kier alpha value is -1.12. The molecule has 0 saturated carbocycles. The summed E-state index contributed by atoms with van der Waals surface area (Å²) in [7, 11) is -3.88. The van der Waals surface area contributed by atoms with Gasteiger partial charge < -0.3 is 9.52 Å². The van der Waals surface area contributed by atoms with Crippen LogP contribution in [0, 0.1) is 6.92 Å². The van der Waals surface area contributed by atoms with Crippen molar-refractivity contribution < 1.29 is 17.9 Å². The zero-order valence-electron chi connectivity index (χ0n) is 10.9. The molecule has 0 fully saturated rings. The van der Waals surface area contributed by atoms with Crippen molar-refractivity contribution >= 4 is 33.2 Å². The Labute approximate surface area is 131 Å². The number of benzene rings is 1. The van der Waals surface area contributed by atoms with Crippen molar-refractivity contribution in [3.05, 3.63) is 45.6 Å². The zero-order valence-corrected chi connectivity index (χ0v) is 13.3. The van der Waals surface area contributed by atoms with Crippen LogP contribution in [0.2, 0.25) is 10.0 Å². The summed E-state index contributed by atoms with van der Waals surface area (Å²) in [5.41, 5.74) is 0.160. The van der Waals surface area contributed by atoms with Gasteiger partial charge in [0.15, 0.2) is 0 Å². The van der Waals surface area contributed by atoms with E-state index in [2.05, 4.69) is 9.71 Å². The van der Waals surface area contributed by atoms with Gasteiger partial charge in [0.05, 0.1) is 24.4 Å². The molecule has 1 aromatic carbocycles. The van der Waals surface area contributed by atoms with E-state index in [1.807, 2.05) is 0 Å². The van der Waals surface area contributed by atoms with Crippen molar-refractivity contribution in [2.45, 2.75) is 25.0 Å². The molecule has 0 aliphatic carbocycles. The fraction of sp³-hybridized carbons (Fsp3) is 0.250. The first-order chi connectivity index (χ1) is 9.85. The molecule has 1 heterocycles. The van der Waals surface area contributed by atoms with Crippen molar-refractivity contribution in [2.24, 2.45) is 0 Å². The highest BCUT2D eigenvalue weighted by atomic mass is 35.5. The molecule has 1 aromatic heterocycles. The molecule has 0 bridgehead atoms. The quantitative estimate of drug-likeness (QED) is 0.862. The van der Waals surface area contributed by atoms with E-state index in [-0.39, 0.29) is 32.9 Å². The molecule has 6 nitrogen and oxygen atoms in total. The number of aromatic nitrogens is 1.